The minimum atomic E-state index is -0.815. The van der Waals surface area contributed by atoms with E-state index in [1.54, 1.807) is 11.6 Å². The second-order valence-electron chi connectivity index (χ2n) is 6.98. The first-order valence-corrected chi connectivity index (χ1v) is 9.06. The van der Waals surface area contributed by atoms with Crippen LogP contribution in [0.1, 0.15) is 18.6 Å². The highest BCUT2D eigenvalue weighted by molar-refractivity contribution is 5.69. The van der Waals surface area contributed by atoms with Crippen LogP contribution in [0.3, 0.4) is 0 Å². The van der Waals surface area contributed by atoms with Gasteiger partial charge >= 0.3 is 5.69 Å². The number of nitrogens with zero attached hydrogens (tertiary/aromatic N) is 4. The van der Waals surface area contributed by atoms with E-state index in [0.29, 0.717) is 0 Å². The van der Waals surface area contributed by atoms with Gasteiger partial charge < -0.3 is 20.1 Å². The van der Waals surface area contributed by atoms with E-state index in [0.717, 1.165) is 10.1 Å². The Hall–Kier alpha value is -2.75. The van der Waals surface area contributed by atoms with Gasteiger partial charge in [-0.1, -0.05) is 30.3 Å². The van der Waals surface area contributed by atoms with Crippen LogP contribution in [0.2, 0.25) is 0 Å². The Bertz CT molecular complexity index is 1070. The van der Waals surface area contributed by atoms with E-state index in [1.165, 1.54) is 17.9 Å². The quantitative estimate of drug-likeness (QED) is 0.504. The van der Waals surface area contributed by atoms with Gasteiger partial charge in [0.25, 0.3) is 5.56 Å². The smallest absolute Gasteiger partial charge is 0.332 e. The van der Waals surface area contributed by atoms with Crippen molar-refractivity contribution in [1.82, 2.24) is 24.0 Å². The lowest BCUT2D eigenvalue weighted by atomic mass is 10.0. The first kappa shape index (κ1) is 20.0. The van der Waals surface area contributed by atoms with Gasteiger partial charge in [0, 0.05) is 26.7 Å². The number of fused-ring (bicyclic) bond motifs is 1. The van der Waals surface area contributed by atoms with Gasteiger partial charge in [0.1, 0.15) is 0 Å². The average Bonchev–Trinajstić information content (AvgIpc) is 3.12. The molecule has 0 bridgehead atoms. The minimum Gasteiger partial charge on any atom is -0.390 e. The van der Waals surface area contributed by atoms with Gasteiger partial charge in [-0.2, -0.15) is 0 Å². The second-order valence-corrected chi connectivity index (χ2v) is 6.98. The third-order valence-corrected chi connectivity index (χ3v) is 4.91. The lowest BCUT2D eigenvalue weighted by Crippen LogP contribution is -2.40. The van der Waals surface area contributed by atoms with Crippen molar-refractivity contribution in [3.8, 4) is 0 Å². The maximum absolute atomic E-state index is 12.4. The number of rotatable bonds is 7. The second kappa shape index (κ2) is 8.09. The molecule has 1 aromatic carbocycles. The monoisotopic (exact) mass is 387 g/mol. The van der Waals surface area contributed by atoms with Gasteiger partial charge in [0.2, 0.25) is 0 Å². The number of imidazole rings is 1. The Morgan fingerprint density at radius 3 is 2.46 bits per heavy atom. The van der Waals surface area contributed by atoms with Crippen LogP contribution in [0.5, 0.6) is 0 Å². The van der Waals surface area contributed by atoms with Crippen LogP contribution >= 0.6 is 0 Å². The maximum atomic E-state index is 12.4. The summed E-state index contributed by atoms with van der Waals surface area (Å²) < 4.78 is 3.86. The number of aromatic nitrogens is 4. The van der Waals surface area contributed by atoms with Crippen LogP contribution in [-0.2, 0) is 20.6 Å². The van der Waals surface area contributed by atoms with E-state index < -0.39 is 23.5 Å². The van der Waals surface area contributed by atoms with Gasteiger partial charge in [-0.25, -0.2) is 9.78 Å². The molecule has 9 heteroatoms. The third-order valence-electron chi connectivity index (χ3n) is 4.91. The molecule has 2 heterocycles. The Morgan fingerprint density at radius 1 is 1.11 bits per heavy atom. The average molecular weight is 387 g/mol. The molecule has 9 nitrogen and oxygen atoms in total. The fourth-order valence-electron chi connectivity index (χ4n) is 3.20. The molecule has 0 aliphatic rings. The van der Waals surface area contributed by atoms with Crippen LogP contribution in [-0.4, -0.2) is 47.6 Å². The highest BCUT2D eigenvalue weighted by atomic mass is 16.3. The van der Waals surface area contributed by atoms with E-state index in [4.69, 9.17) is 0 Å². The molecule has 0 amide bonds. The topological polar surface area (TPSA) is 114 Å². The van der Waals surface area contributed by atoms with Gasteiger partial charge in [0.15, 0.2) is 11.2 Å². The summed E-state index contributed by atoms with van der Waals surface area (Å²) in [6.07, 6.45) is -0.0780. The number of benzene rings is 1. The molecule has 0 saturated carbocycles. The van der Waals surface area contributed by atoms with E-state index in [1.807, 2.05) is 37.3 Å². The summed E-state index contributed by atoms with van der Waals surface area (Å²) in [4.78, 5) is 28.6. The molecule has 150 valence electrons. The van der Waals surface area contributed by atoms with Crippen molar-refractivity contribution >= 4 is 11.2 Å². The third kappa shape index (κ3) is 3.77. The Kier molecular flexibility index (Phi) is 5.78. The van der Waals surface area contributed by atoms with Gasteiger partial charge in [0.05, 0.1) is 25.1 Å². The van der Waals surface area contributed by atoms with Crippen LogP contribution in [0, 0.1) is 0 Å². The summed E-state index contributed by atoms with van der Waals surface area (Å²) in [6, 6.07) is 9.02. The van der Waals surface area contributed by atoms with Gasteiger partial charge in [-0.05, 0) is 12.5 Å². The molecule has 3 unspecified atom stereocenters. The number of aliphatic hydroxyl groups is 2. The first-order valence-electron chi connectivity index (χ1n) is 9.06. The first-order chi connectivity index (χ1) is 13.3. The summed E-state index contributed by atoms with van der Waals surface area (Å²) in [5, 5.41) is 23.9. The molecule has 3 rings (SSSR count). The van der Waals surface area contributed by atoms with E-state index >= 15 is 0 Å². The molecular formula is C19H25N5O4. The number of aryl methyl sites for hydroxylation is 1. The number of hydrogen-bond acceptors (Lipinski definition) is 6. The number of hydrogen-bond donors (Lipinski definition) is 3. The fourth-order valence-corrected chi connectivity index (χ4v) is 3.20. The normalized spacial score (nSPS) is 14.9. The maximum Gasteiger partial charge on any atom is 0.332 e. The zero-order valence-electron chi connectivity index (χ0n) is 16.1. The highest BCUT2D eigenvalue weighted by Crippen LogP contribution is 2.16. The molecular weight excluding hydrogens is 362 g/mol. The molecule has 0 saturated heterocycles. The SMILES string of the molecule is CC(NCC(O)Cn1cnc2c1c(=O)n(C)c(=O)n2C)C(O)c1ccccc1. The molecule has 2 aromatic heterocycles. The predicted molar refractivity (Wildman–Crippen MR) is 105 cm³/mol. The Labute approximate surface area is 161 Å². The standard InChI is InChI=1S/C19H25N5O4/c1-12(16(26)13-7-5-4-6-8-13)20-9-14(25)10-24-11-21-17-15(24)18(27)23(3)19(28)22(17)2/h4-8,11-12,14,16,20,25-26H,9-10H2,1-3H3. The summed E-state index contributed by atoms with van der Waals surface area (Å²) in [6.45, 7) is 2.18. The van der Waals surface area contributed by atoms with Crippen LogP contribution in [0.4, 0.5) is 0 Å². The minimum absolute atomic E-state index is 0.130. The summed E-state index contributed by atoms with van der Waals surface area (Å²) >= 11 is 0. The van der Waals surface area contributed by atoms with E-state index in [2.05, 4.69) is 10.3 Å². The zero-order chi connectivity index (χ0) is 20.4. The van der Waals surface area contributed by atoms with Crippen molar-refractivity contribution in [2.24, 2.45) is 14.1 Å². The van der Waals surface area contributed by atoms with E-state index in [-0.39, 0.29) is 30.3 Å². The van der Waals surface area contributed by atoms with Crippen molar-refractivity contribution in [3.05, 3.63) is 63.1 Å². The lowest BCUT2D eigenvalue weighted by Gasteiger charge is -2.22. The Morgan fingerprint density at radius 2 is 1.79 bits per heavy atom. The lowest BCUT2D eigenvalue weighted by molar-refractivity contribution is 0.110. The highest BCUT2D eigenvalue weighted by Gasteiger charge is 2.19. The molecule has 0 aliphatic carbocycles. The van der Waals surface area contributed by atoms with Crippen LogP contribution in [0.15, 0.2) is 46.2 Å². The molecule has 3 aromatic rings. The summed E-state index contributed by atoms with van der Waals surface area (Å²) in [5.41, 5.74) is 0.432. The predicted octanol–water partition coefficient (Wildman–Crippen LogP) is -0.494. The van der Waals surface area contributed by atoms with Crippen LogP contribution < -0.4 is 16.6 Å². The molecule has 0 spiro atoms. The molecule has 0 radical (unpaired) electrons. The number of nitrogens with one attached hydrogen (secondary N) is 1. The molecule has 3 N–H and O–H groups in total. The fraction of sp³-hybridized carbons (Fsp3) is 0.421. The van der Waals surface area contributed by atoms with Crippen molar-refractivity contribution in [2.75, 3.05) is 6.54 Å². The summed E-state index contributed by atoms with van der Waals surface area (Å²) in [5.74, 6) is 0. The Balaban J connectivity index is 1.69. The van der Waals surface area contributed by atoms with Crippen molar-refractivity contribution in [3.63, 3.8) is 0 Å². The molecule has 3 atom stereocenters. The largest absolute Gasteiger partial charge is 0.390 e. The van der Waals surface area contributed by atoms with Crippen molar-refractivity contribution in [2.45, 2.75) is 31.7 Å². The van der Waals surface area contributed by atoms with E-state index in [9.17, 15) is 19.8 Å². The van der Waals surface area contributed by atoms with Crippen LogP contribution in [0.25, 0.3) is 11.2 Å². The molecule has 0 aliphatic heterocycles. The number of aliphatic hydroxyl groups excluding tert-OH is 2. The van der Waals surface area contributed by atoms with Crippen molar-refractivity contribution < 1.29 is 10.2 Å². The van der Waals surface area contributed by atoms with Crippen molar-refractivity contribution in [1.29, 1.82) is 0 Å². The summed E-state index contributed by atoms with van der Waals surface area (Å²) in [7, 11) is 2.96. The van der Waals surface area contributed by atoms with Gasteiger partial charge in [-0.15, -0.1) is 0 Å². The van der Waals surface area contributed by atoms with Gasteiger partial charge in [-0.3, -0.25) is 13.9 Å². The molecule has 0 fully saturated rings. The molecule has 28 heavy (non-hydrogen) atoms. The zero-order valence-corrected chi connectivity index (χ0v) is 16.1.